The molecular weight excluding hydrogens is 224 g/mol. The number of pyridine rings is 1. The Balaban J connectivity index is 2.17. The van der Waals surface area contributed by atoms with Crippen LogP contribution in [0.3, 0.4) is 0 Å². The van der Waals surface area contributed by atoms with E-state index < -0.39 is 0 Å². The lowest BCUT2D eigenvalue weighted by atomic mass is 10.2. The molecule has 0 spiro atoms. The van der Waals surface area contributed by atoms with Crippen LogP contribution in [0, 0.1) is 0 Å². The Kier molecular flexibility index (Phi) is 6.38. The molecule has 0 bridgehead atoms. The molecule has 1 N–H and O–H groups in total. The van der Waals surface area contributed by atoms with Crippen LogP contribution in [-0.2, 0) is 11.2 Å². The van der Waals surface area contributed by atoms with Crippen molar-refractivity contribution in [2.24, 2.45) is 0 Å². The van der Waals surface area contributed by atoms with E-state index in [1.807, 2.05) is 25.3 Å². The molecule has 0 aliphatic carbocycles. The summed E-state index contributed by atoms with van der Waals surface area (Å²) in [6.07, 6.45) is 2.78. The van der Waals surface area contributed by atoms with Crippen molar-refractivity contribution in [1.29, 1.82) is 0 Å². The second-order valence-corrected chi connectivity index (χ2v) is 4.14. The lowest BCUT2D eigenvalue weighted by molar-refractivity contribution is 0.127. The first-order chi connectivity index (χ1) is 7.72. The highest BCUT2D eigenvalue weighted by Gasteiger charge is 2.00. The fourth-order valence-electron chi connectivity index (χ4n) is 1.37. The molecule has 1 rings (SSSR count). The van der Waals surface area contributed by atoms with Crippen molar-refractivity contribution >= 4 is 11.6 Å². The molecule has 0 aliphatic heterocycles. The van der Waals surface area contributed by atoms with Gasteiger partial charge < -0.3 is 10.1 Å². The van der Waals surface area contributed by atoms with Crippen molar-refractivity contribution in [3.05, 3.63) is 29.0 Å². The number of nitrogens with one attached hydrogen (secondary N) is 1. The number of hydrogen-bond donors (Lipinski definition) is 1. The summed E-state index contributed by atoms with van der Waals surface area (Å²) in [5.74, 6) is 0. The van der Waals surface area contributed by atoms with Gasteiger partial charge in [-0.3, -0.25) is 0 Å². The number of rotatable bonds is 7. The van der Waals surface area contributed by atoms with Crippen molar-refractivity contribution in [2.45, 2.75) is 26.3 Å². The molecule has 0 aliphatic rings. The molecule has 1 atom stereocenters. The van der Waals surface area contributed by atoms with Crippen LogP contribution < -0.4 is 5.32 Å². The Morgan fingerprint density at radius 2 is 2.31 bits per heavy atom. The summed E-state index contributed by atoms with van der Waals surface area (Å²) in [5, 5.41) is 3.94. The highest BCUT2D eigenvalue weighted by atomic mass is 35.5. The summed E-state index contributed by atoms with van der Waals surface area (Å²) < 4.78 is 5.32. The summed E-state index contributed by atoms with van der Waals surface area (Å²) in [6, 6.07) is 4.21. The molecule has 16 heavy (non-hydrogen) atoms. The zero-order chi connectivity index (χ0) is 11.8. The number of aromatic nitrogens is 1. The summed E-state index contributed by atoms with van der Waals surface area (Å²) >= 11 is 5.71. The molecule has 3 nitrogen and oxygen atoms in total. The number of halogens is 1. The molecule has 1 heterocycles. The van der Waals surface area contributed by atoms with Gasteiger partial charge in [0.1, 0.15) is 5.15 Å². The first-order valence-corrected chi connectivity index (χ1v) is 6.01. The van der Waals surface area contributed by atoms with E-state index >= 15 is 0 Å². The molecule has 0 saturated carbocycles. The molecule has 1 aromatic rings. The predicted octanol–water partition coefficient (Wildman–Crippen LogP) is 2.29. The van der Waals surface area contributed by atoms with Crippen molar-refractivity contribution in [1.82, 2.24) is 10.3 Å². The lowest BCUT2D eigenvalue weighted by Gasteiger charge is -2.13. The SMILES string of the molecule is CCOCC(C)NCCc1ccc(Cl)nc1. The molecule has 0 saturated heterocycles. The second kappa shape index (κ2) is 7.60. The van der Waals surface area contributed by atoms with Gasteiger partial charge in [0.25, 0.3) is 0 Å². The summed E-state index contributed by atoms with van der Waals surface area (Å²) in [4.78, 5) is 4.04. The molecule has 0 radical (unpaired) electrons. The van der Waals surface area contributed by atoms with Gasteiger partial charge >= 0.3 is 0 Å². The van der Waals surface area contributed by atoms with Crippen molar-refractivity contribution in [3.63, 3.8) is 0 Å². The van der Waals surface area contributed by atoms with Crippen molar-refractivity contribution in [3.8, 4) is 0 Å². The summed E-state index contributed by atoms with van der Waals surface area (Å²) in [5.41, 5.74) is 1.19. The Bertz CT molecular complexity index is 290. The first kappa shape index (κ1) is 13.4. The molecule has 0 amide bonds. The van der Waals surface area contributed by atoms with Crippen LogP contribution in [0.25, 0.3) is 0 Å². The van der Waals surface area contributed by atoms with E-state index in [4.69, 9.17) is 16.3 Å². The third-order valence-electron chi connectivity index (χ3n) is 2.27. The average molecular weight is 243 g/mol. The zero-order valence-corrected chi connectivity index (χ0v) is 10.6. The van der Waals surface area contributed by atoms with Gasteiger partial charge in [-0.2, -0.15) is 0 Å². The average Bonchev–Trinajstić information content (AvgIpc) is 2.29. The van der Waals surface area contributed by atoms with Gasteiger partial charge in [0.2, 0.25) is 0 Å². The van der Waals surface area contributed by atoms with E-state index in [1.165, 1.54) is 5.56 Å². The third-order valence-corrected chi connectivity index (χ3v) is 2.49. The quantitative estimate of drug-likeness (QED) is 0.745. The predicted molar refractivity (Wildman–Crippen MR) is 66.9 cm³/mol. The van der Waals surface area contributed by atoms with Crippen LogP contribution in [0.4, 0.5) is 0 Å². The van der Waals surface area contributed by atoms with Crippen molar-refractivity contribution < 1.29 is 4.74 Å². The van der Waals surface area contributed by atoms with E-state index in [0.717, 1.165) is 26.2 Å². The highest BCUT2D eigenvalue weighted by molar-refractivity contribution is 6.29. The van der Waals surface area contributed by atoms with Crippen LogP contribution in [-0.4, -0.2) is 30.8 Å². The normalized spacial score (nSPS) is 12.7. The van der Waals surface area contributed by atoms with Gasteiger partial charge in [-0.1, -0.05) is 17.7 Å². The topological polar surface area (TPSA) is 34.1 Å². The number of nitrogens with zero attached hydrogens (tertiary/aromatic N) is 1. The lowest BCUT2D eigenvalue weighted by Crippen LogP contribution is -2.32. The Hall–Kier alpha value is -0.640. The van der Waals surface area contributed by atoms with E-state index in [1.54, 1.807) is 0 Å². The standard InChI is InChI=1S/C12H19ClN2O/c1-3-16-9-10(2)14-7-6-11-4-5-12(13)15-8-11/h4-5,8,10,14H,3,6-7,9H2,1-2H3. The fraction of sp³-hybridized carbons (Fsp3) is 0.583. The monoisotopic (exact) mass is 242 g/mol. The van der Waals surface area contributed by atoms with E-state index in [-0.39, 0.29) is 0 Å². The molecular formula is C12H19ClN2O. The largest absolute Gasteiger partial charge is 0.380 e. The van der Waals surface area contributed by atoms with Crippen molar-refractivity contribution in [2.75, 3.05) is 19.8 Å². The van der Waals surface area contributed by atoms with Crippen LogP contribution in [0.1, 0.15) is 19.4 Å². The minimum Gasteiger partial charge on any atom is -0.380 e. The Morgan fingerprint density at radius 3 is 2.94 bits per heavy atom. The van der Waals surface area contributed by atoms with Crippen LogP contribution >= 0.6 is 11.6 Å². The highest BCUT2D eigenvalue weighted by Crippen LogP contribution is 2.05. The Labute approximate surface area is 102 Å². The smallest absolute Gasteiger partial charge is 0.129 e. The first-order valence-electron chi connectivity index (χ1n) is 5.64. The number of ether oxygens (including phenoxy) is 1. The van der Waals surface area contributed by atoms with Gasteiger partial charge in [0, 0.05) is 18.8 Å². The molecule has 1 aromatic heterocycles. The van der Waals surface area contributed by atoms with Crippen LogP contribution in [0.5, 0.6) is 0 Å². The van der Waals surface area contributed by atoms with Gasteiger partial charge in [-0.05, 0) is 38.4 Å². The minimum atomic E-state index is 0.389. The molecule has 1 unspecified atom stereocenters. The zero-order valence-electron chi connectivity index (χ0n) is 9.87. The number of hydrogen-bond acceptors (Lipinski definition) is 3. The van der Waals surface area contributed by atoms with Gasteiger partial charge in [-0.15, -0.1) is 0 Å². The minimum absolute atomic E-state index is 0.389. The summed E-state index contributed by atoms with van der Waals surface area (Å²) in [7, 11) is 0. The van der Waals surface area contributed by atoms with E-state index in [9.17, 15) is 0 Å². The molecule has 4 heteroatoms. The second-order valence-electron chi connectivity index (χ2n) is 3.75. The maximum Gasteiger partial charge on any atom is 0.129 e. The molecule has 0 fully saturated rings. The molecule has 90 valence electrons. The third kappa shape index (κ3) is 5.45. The van der Waals surface area contributed by atoms with Gasteiger partial charge in [0.15, 0.2) is 0 Å². The maximum absolute atomic E-state index is 5.71. The van der Waals surface area contributed by atoms with Crippen LogP contribution in [0.2, 0.25) is 5.15 Å². The maximum atomic E-state index is 5.71. The van der Waals surface area contributed by atoms with Gasteiger partial charge in [0.05, 0.1) is 6.61 Å². The van der Waals surface area contributed by atoms with Gasteiger partial charge in [-0.25, -0.2) is 4.98 Å². The van der Waals surface area contributed by atoms with E-state index in [0.29, 0.717) is 11.2 Å². The molecule has 0 aromatic carbocycles. The fourth-order valence-corrected chi connectivity index (χ4v) is 1.48. The Morgan fingerprint density at radius 1 is 1.50 bits per heavy atom. The summed E-state index contributed by atoms with van der Waals surface area (Å²) in [6.45, 7) is 6.59. The van der Waals surface area contributed by atoms with Crippen LogP contribution in [0.15, 0.2) is 18.3 Å². The van der Waals surface area contributed by atoms with E-state index in [2.05, 4.69) is 17.2 Å².